The predicted molar refractivity (Wildman–Crippen MR) is 108 cm³/mol. The molecule has 144 valence electrons. The number of benzene rings is 2. The number of hydrogen-bond acceptors (Lipinski definition) is 6. The van der Waals surface area contributed by atoms with Crippen LogP contribution in [0.2, 0.25) is 0 Å². The Morgan fingerprint density at radius 1 is 1.14 bits per heavy atom. The fraction of sp³-hybridized carbons (Fsp3) is 0.211. The molecule has 2 aromatic carbocycles. The van der Waals surface area contributed by atoms with Crippen molar-refractivity contribution in [1.82, 2.24) is 10.2 Å². The van der Waals surface area contributed by atoms with Crippen LogP contribution >= 0.6 is 11.3 Å². The van der Waals surface area contributed by atoms with Gasteiger partial charge in [-0.1, -0.05) is 47.7 Å². The summed E-state index contributed by atoms with van der Waals surface area (Å²) >= 11 is 0.848. The Kier molecular flexibility index (Phi) is 4.64. The van der Waals surface area contributed by atoms with Gasteiger partial charge in [0.1, 0.15) is 0 Å². The molecule has 0 saturated heterocycles. The molecule has 4 rings (SSSR count). The van der Waals surface area contributed by atoms with Crippen LogP contribution in [0.15, 0.2) is 52.9 Å². The topological polar surface area (TPSA) is 92.3 Å². The first-order valence-electron chi connectivity index (χ1n) is 8.71. The van der Waals surface area contributed by atoms with E-state index >= 15 is 0 Å². The number of carbonyl (C=O) groups excluding carboxylic acids is 1. The van der Waals surface area contributed by atoms with Gasteiger partial charge in [0.05, 0.1) is 5.69 Å². The zero-order chi connectivity index (χ0) is 19.9. The molecule has 0 aliphatic carbocycles. The van der Waals surface area contributed by atoms with Gasteiger partial charge in [-0.05, 0) is 43.5 Å². The lowest BCUT2D eigenvalue weighted by Crippen LogP contribution is -2.35. The number of para-hydroxylation sites is 1. The quantitative estimate of drug-likeness (QED) is 0.662. The Balaban J connectivity index is 1.61. The minimum absolute atomic E-state index is 0.142. The van der Waals surface area contributed by atoms with Crippen LogP contribution in [-0.4, -0.2) is 30.6 Å². The molecular formula is C19H18N4O3S2. The number of carbonyl (C=O) groups is 1. The van der Waals surface area contributed by atoms with E-state index in [-0.39, 0.29) is 21.4 Å². The van der Waals surface area contributed by atoms with E-state index in [0.717, 1.165) is 22.5 Å². The van der Waals surface area contributed by atoms with E-state index in [1.807, 2.05) is 44.2 Å². The number of aromatic nitrogens is 2. The van der Waals surface area contributed by atoms with Crippen LogP contribution in [0.3, 0.4) is 0 Å². The minimum Gasteiger partial charge on any atom is -0.296 e. The van der Waals surface area contributed by atoms with E-state index in [4.69, 9.17) is 0 Å². The monoisotopic (exact) mass is 414 g/mol. The zero-order valence-electron chi connectivity index (χ0n) is 15.3. The van der Waals surface area contributed by atoms with Gasteiger partial charge in [-0.25, -0.2) is 0 Å². The molecule has 0 unspecified atom stereocenters. The van der Waals surface area contributed by atoms with Crippen molar-refractivity contribution in [2.75, 3.05) is 9.62 Å². The third-order valence-corrected chi connectivity index (χ3v) is 7.75. The lowest BCUT2D eigenvalue weighted by atomic mass is 10.1. The molecule has 9 heteroatoms. The first-order valence-corrected chi connectivity index (χ1v) is 11.0. The largest absolute Gasteiger partial charge is 0.296 e. The highest BCUT2D eigenvalue weighted by atomic mass is 32.2. The summed E-state index contributed by atoms with van der Waals surface area (Å²) in [5.41, 5.74) is 2.97. The number of hydrogen-bond donors (Lipinski definition) is 1. The molecule has 1 aromatic heterocycles. The molecule has 1 aliphatic rings. The van der Waals surface area contributed by atoms with E-state index in [0.29, 0.717) is 17.7 Å². The molecular weight excluding hydrogens is 396 g/mol. The first kappa shape index (κ1) is 18.6. The van der Waals surface area contributed by atoms with E-state index < -0.39 is 10.0 Å². The molecule has 1 atom stereocenters. The van der Waals surface area contributed by atoms with Crippen LogP contribution < -0.4 is 9.62 Å². The Labute approximate surface area is 167 Å². The van der Waals surface area contributed by atoms with Gasteiger partial charge in [0.25, 0.3) is 20.3 Å². The zero-order valence-corrected chi connectivity index (χ0v) is 16.9. The number of aryl methyl sites for hydroxylation is 1. The molecule has 0 bridgehead atoms. The lowest BCUT2D eigenvalue weighted by molar-refractivity contribution is 0.102. The average Bonchev–Trinajstić information content (AvgIpc) is 3.26. The number of sulfonamides is 1. The van der Waals surface area contributed by atoms with Crippen LogP contribution in [0, 0.1) is 6.92 Å². The van der Waals surface area contributed by atoms with Gasteiger partial charge in [0, 0.05) is 11.6 Å². The molecule has 0 saturated carbocycles. The van der Waals surface area contributed by atoms with Gasteiger partial charge >= 0.3 is 0 Å². The highest BCUT2D eigenvalue weighted by molar-refractivity contribution is 7.94. The van der Waals surface area contributed by atoms with Gasteiger partial charge in [-0.2, -0.15) is 8.42 Å². The highest BCUT2D eigenvalue weighted by Gasteiger charge is 2.38. The maximum atomic E-state index is 13.2. The lowest BCUT2D eigenvalue weighted by Gasteiger charge is -2.22. The molecule has 2 heterocycles. The summed E-state index contributed by atoms with van der Waals surface area (Å²) in [6, 6.07) is 14.4. The summed E-state index contributed by atoms with van der Waals surface area (Å²) in [4.78, 5) is 12.4. The second-order valence-corrected chi connectivity index (χ2v) is 9.59. The fourth-order valence-corrected chi connectivity index (χ4v) is 6.01. The second kappa shape index (κ2) is 6.99. The number of nitrogens with one attached hydrogen (secondary N) is 1. The molecule has 1 amide bonds. The molecule has 0 radical (unpaired) electrons. The van der Waals surface area contributed by atoms with Gasteiger partial charge in [-0.15, -0.1) is 10.2 Å². The smallest absolute Gasteiger partial charge is 0.293 e. The van der Waals surface area contributed by atoms with Crippen molar-refractivity contribution in [1.29, 1.82) is 0 Å². The average molecular weight is 415 g/mol. The van der Waals surface area contributed by atoms with E-state index in [2.05, 4.69) is 15.5 Å². The third-order valence-electron chi connectivity index (χ3n) is 4.64. The van der Waals surface area contributed by atoms with Gasteiger partial charge in [0.15, 0.2) is 0 Å². The van der Waals surface area contributed by atoms with Crippen LogP contribution in [0.4, 0.5) is 10.8 Å². The Hall–Kier alpha value is -2.78. The highest BCUT2D eigenvalue weighted by Crippen LogP contribution is 2.37. The van der Waals surface area contributed by atoms with Crippen molar-refractivity contribution in [3.05, 3.63) is 65.2 Å². The summed E-state index contributed by atoms with van der Waals surface area (Å²) in [7, 11) is -3.86. The normalized spacial score (nSPS) is 16.1. The Bertz CT molecular complexity index is 1160. The van der Waals surface area contributed by atoms with Gasteiger partial charge in [-0.3, -0.25) is 14.4 Å². The number of fused-ring (bicyclic) bond motifs is 1. The van der Waals surface area contributed by atoms with Crippen LogP contribution in [0.5, 0.6) is 0 Å². The third kappa shape index (κ3) is 3.16. The molecule has 1 N–H and O–H groups in total. The Morgan fingerprint density at radius 3 is 2.64 bits per heavy atom. The maximum Gasteiger partial charge on any atom is 0.293 e. The van der Waals surface area contributed by atoms with Crippen molar-refractivity contribution in [3.63, 3.8) is 0 Å². The SMILES string of the molecule is Cc1ccccc1C(=O)Nc1nnc(S(=O)(=O)N2c3ccccc3C[C@@H]2C)s1. The van der Waals surface area contributed by atoms with Crippen molar-refractivity contribution in [3.8, 4) is 0 Å². The fourth-order valence-electron chi connectivity index (χ4n) is 3.34. The van der Waals surface area contributed by atoms with Crippen LogP contribution in [0.25, 0.3) is 0 Å². The number of rotatable bonds is 4. The number of nitrogens with zero attached hydrogens (tertiary/aromatic N) is 3. The Morgan fingerprint density at radius 2 is 1.86 bits per heavy atom. The molecule has 3 aromatic rings. The minimum atomic E-state index is -3.86. The van der Waals surface area contributed by atoms with E-state index in [1.54, 1.807) is 18.2 Å². The van der Waals surface area contributed by atoms with Crippen LogP contribution in [-0.2, 0) is 16.4 Å². The summed E-state index contributed by atoms with van der Waals surface area (Å²) in [6.45, 7) is 3.69. The van der Waals surface area contributed by atoms with E-state index in [1.165, 1.54) is 4.31 Å². The summed E-state index contributed by atoms with van der Waals surface area (Å²) in [5.74, 6) is -0.349. The summed E-state index contributed by atoms with van der Waals surface area (Å²) in [5, 5.41) is 10.5. The predicted octanol–water partition coefficient (Wildman–Crippen LogP) is 3.24. The van der Waals surface area contributed by atoms with Crippen LogP contribution in [0.1, 0.15) is 28.4 Å². The number of anilines is 2. The van der Waals surface area contributed by atoms with Gasteiger partial charge in [0.2, 0.25) is 5.13 Å². The first-order chi connectivity index (χ1) is 13.4. The number of amides is 1. The van der Waals surface area contributed by atoms with Crippen molar-refractivity contribution < 1.29 is 13.2 Å². The van der Waals surface area contributed by atoms with Crippen molar-refractivity contribution in [2.45, 2.75) is 30.6 Å². The molecule has 0 fully saturated rings. The maximum absolute atomic E-state index is 13.2. The van der Waals surface area contributed by atoms with Crippen molar-refractivity contribution in [2.24, 2.45) is 0 Å². The van der Waals surface area contributed by atoms with Gasteiger partial charge < -0.3 is 0 Å². The summed E-state index contributed by atoms with van der Waals surface area (Å²) in [6.07, 6.45) is 0.644. The van der Waals surface area contributed by atoms with Crippen molar-refractivity contribution >= 4 is 38.1 Å². The summed E-state index contributed by atoms with van der Waals surface area (Å²) < 4.78 is 27.5. The molecule has 1 aliphatic heterocycles. The molecule has 28 heavy (non-hydrogen) atoms. The van der Waals surface area contributed by atoms with E-state index in [9.17, 15) is 13.2 Å². The second-order valence-electron chi connectivity index (χ2n) is 6.62. The molecule has 0 spiro atoms. The molecule has 7 nitrogen and oxygen atoms in total. The standard InChI is InChI=1S/C19H18N4O3S2/c1-12-7-3-5-9-15(12)17(24)20-18-21-22-19(27-18)28(25,26)23-13(2)11-14-8-4-6-10-16(14)23/h3-10,13H,11H2,1-2H3,(H,20,21,24)/t13-/m0/s1.